The van der Waals surface area contributed by atoms with Crippen molar-refractivity contribution >= 4 is 11.4 Å². The molecular weight excluding hydrogens is 390 g/mol. The Kier molecular flexibility index (Phi) is 4.04. The number of fused-ring (bicyclic) bond motifs is 8. The number of aryl methyl sites for hydroxylation is 2. The van der Waals surface area contributed by atoms with Gasteiger partial charge in [-0.3, -0.25) is 0 Å². The average molecular weight is 418 g/mol. The Morgan fingerprint density at radius 3 is 1.56 bits per heavy atom. The first kappa shape index (κ1) is 19.2. The number of hydrogen-bond acceptors (Lipinski definition) is 2. The topological polar surface area (TPSA) is 12.5 Å². The third-order valence-electron chi connectivity index (χ3n) is 6.95. The maximum Gasteiger partial charge on any atom is 0.132 e. The first-order chi connectivity index (χ1) is 15.5. The number of nitrogens with zero attached hydrogens (tertiary/aromatic N) is 1. The van der Waals surface area contributed by atoms with Gasteiger partial charge in [-0.25, -0.2) is 0 Å². The van der Waals surface area contributed by atoms with Crippen molar-refractivity contribution in [2.75, 3.05) is 4.90 Å². The number of para-hydroxylation sites is 2. The first-order valence-corrected chi connectivity index (χ1v) is 11.4. The highest BCUT2D eigenvalue weighted by Crippen LogP contribution is 2.62. The summed E-state index contributed by atoms with van der Waals surface area (Å²) in [6.45, 7) is 8.93. The minimum absolute atomic E-state index is 0.334. The Morgan fingerprint density at radius 2 is 1.09 bits per heavy atom. The zero-order chi connectivity index (χ0) is 22.0. The molecule has 158 valence electrons. The van der Waals surface area contributed by atoms with Crippen LogP contribution >= 0.6 is 0 Å². The van der Waals surface area contributed by atoms with E-state index in [1.54, 1.807) is 0 Å². The monoisotopic (exact) mass is 417 g/mol. The molecule has 0 fully saturated rings. The van der Waals surface area contributed by atoms with Gasteiger partial charge < -0.3 is 9.64 Å². The van der Waals surface area contributed by atoms with Crippen molar-refractivity contribution in [3.63, 3.8) is 0 Å². The van der Waals surface area contributed by atoms with Crippen LogP contribution in [0.3, 0.4) is 0 Å². The molecule has 0 saturated heterocycles. The Labute approximate surface area is 190 Å². The van der Waals surface area contributed by atoms with Gasteiger partial charge in [0.15, 0.2) is 0 Å². The van der Waals surface area contributed by atoms with E-state index < -0.39 is 5.41 Å². The molecule has 2 heteroatoms. The van der Waals surface area contributed by atoms with Crippen LogP contribution in [0.4, 0.5) is 11.4 Å². The van der Waals surface area contributed by atoms with Gasteiger partial charge in [0.2, 0.25) is 0 Å². The lowest BCUT2D eigenvalue weighted by atomic mass is 9.60. The third-order valence-corrected chi connectivity index (χ3v) is 6.95. The molecule has 0 aromatic heterocycles. The van der Waals surface area contributed by atoms with E-state index in [9.17, 15) is 0 Å². The molecule has 0 aliphatic carbocycles. The molecule has 2 aliphatic rings. The largest absolute Gasteiger partial charge is 0.457 e. The van der Waals surface area contributed by atoms with Crippen LogP contribution in [0.5, 0.6) is 11.5 Å². The van der Waals surface area contributed by atoms with Crippen LogP contribution in [-0.2, 0) is 5.41 Å². The molecule has 1 spiro atoms. The fraction of sp³-hybridized carbons (Fsp3) is 0.200. The van der Waals surface area contributed by atoms with E-state index in [4.69, 9.17) is 4.74 Å². The standard InChI is InChI=1S/C30H27NO/c1-19(2)31-26-15-13-20(3)17-24(26)30(25-18-21(4)14-16-27(25)31)22-9-5-7-11-28(22)32-29-12-8-6-10-23(29)30/h5-19H,1-4H3. The molecule has 2 heterocycles. The minimum Gasteiger partial charge on any atom is -0.457 e. The molecule has 0 bridgehead atoms. The molecule has 2 nitrogen and oxygen atoms in total. The highest BCUT2D eigenvalue weighted by molar-refractivity contribution is 5.86. The van der Waals surface area contributed by atoms with Crippen molar-refractivity contribution in [3.8, 4) is 11.5 Å². The summed E-state index contributed by atoms with van der Waals surface area (Å²) in [7, 11) is 0. The Morgan fingerprint density at radius 1 is 0.625 bits per heavy atom. The van der Waals surface area contributed by atoms with Gasteiger partial charge in [0.1, 0.15) is 11.5 Å². The van der Waals surface area contributed by atoms with Crippen molar-refractivity contribution in [1.82, 2.24) is 0 Å². The van der Waals surface area contributed by atoms with Crippen molar-refractivity contribution in [2.24, 2.45) is 0 Å². The predicted molar refractivity (Wildman–Crippen MR) is 132 cm³/mol. The molecule has 0 unspecified atom stereocenters. The van der Waals surface area contributed by atoms with Gasteiger partial charge in [-0.1, -0.05) is 71.8 Å². The Bertz CT molecular complexity index is 1270. The van der Waals surface area contributed by atoms with Gasteiger partial charge in [0, 0.05) is 28.5 Å². The van der Waals surface area contributed by atoms with Gasteiger partial charge in [-0.05, 0) is 63.1 Å². The van der Waals surface area contributed by atoms with Crippen molar-refractivity contribution in [1.29, 1.82) is 0 Å². The van der Waals surface area contributed by atoms with Gasteiger partial charge in [0.25, 0.3) is 0 Å². The van der Waals surface area contributed by atoms with Crippen LogP contribution in [0.15, 0.2) is 84.9 Å². The highest BCUT2D eigenvalue weighted by atomic mass is 16.5. The van der Waals surface area contributed by atoms with Crippen molar-refractivity contribution < 1.29 is 4.74 Å². The summed E-state index contributed by atoms with van der Waals surface area (Å²) in [6.07, 6.45) is 0. The van der Waals surface area contributed by atoms with Crippen LogP contribution in [0.2, 0.25) is 0 Å². The van der Waals surface area contributed by atoms with Gasteiger partial charge in [-0.2, -0.15) is 0 Å². The summed E-state index contributed by atoms with van der Waals surface area (Å²) in [5.74, 6) is 1.87. The SMILES string of the molecule is Cc1ccc2c(c1)C1(c3ccccc3Oc3ccccc31)c1cc(C)ccc1N2C(C)C. The molecule has 0 radical (unpaired) electrons. The highest BCUT2D eigenvalue weighted by Gasteiger charge is 2.51. The summed E-state index contributed by atoms with van der Waals surface area (Å²) in [4.78, 5) is 2.50. The lowest BCUT2D eigenvalue weighted by Gasteiger charge is -2.49. The molecule has 0 saturated carbocycles. The second-order valence-corrected chi connectivity index (χ2v) is 9.35. The summed E-state index contributed by atoms with van der Waals surface area (Å²) in [5, 5.41) is 0. The lowest BCUT2D eigenvalue weighted by Crippen LogP contribution is -2.42. The molecular formula is C30H27NO. The quantitative estimate of drug-likeness (QED) is 0.278. The lowest BCUT2D eigenvalue weighted by molar-refractivity contribution is 0.433. The normalized spacial score (nSPS) is 15.0. The van der Waals surface area contributed by atoms with E-state index in [0.29, 0.717) is 6.04 Å². The number of ether oxygens (including phenoxy) is 1. The van der Waals surface area contributed by atoms with Crippen LogP contribution in [-0.4, -0.2) is 6.04 Å². The Balaban J connectivity index is 1.86. The molecule has 4 aromatic carbocycles. The zero-order valence-electron chi connectivity index (χ0n) is 19.0. The molecule has 0 N–H and O–H groups in total. The second kappa shape index (κ2) is 6.74. The Hall–Kier alpha value is -3.52. The van der Waals surface area contributed by atoms with E-state index in [-0.39, 0.29) is 0 Å². The fourth-order valence-electron chi connectivity index (χ4n) is 5.73. The first-order valence-electron chi connectivity index (χ1n) is 11.4. The molecule has 2 aliphatic heterocycles. The van der Waals surface area contributed by atoms with Crippen LogP contribution in [0, 0.1) is 13.8 Å². The summed E-state index contributed by atoms with van der Waals surface area (Å²) >= 11 is 0. The number of anilines is 2. The van der Waals surface area contributed by atoms with E-state index in [1.807, 2.05) is 0 Å². The molecule has 32 heavy (non-hydrogen) atoms. The molecule has 0 amide bonds. The van der Waals surface area contributed by atoms with E-state index in [1.165, 1.54) is 44.8 Å². The smallest absolute Gasteiger partial charge is 0.132 e. The van der Waals surface area contributed by atoms with Crippen LogP contribution in [0.1, 0.15) is 47.2 Å². The number of benzene rings is 4. The number of rotatable bonds is 1. The fourth-order valence-corrected chi connectivity index (χ4v) is 5.73. The minimum atomic E-state index is -0.431. The van der Waals surface area contributed by atoms with Crippen molar-refractivity contribution in [3.05, 3.63) is 118 Å². The van der Waals surface area contributed by atoms with Crippen LogP contribution in [0.25, 0.3) is 0 Å². The van der Waals surface area contributed by atoms with Gasteiger partial charge in [-0.15, -0.1) is 0 Å². The maximum absolute atomic E-state index is 6.46. The maximum atomic E-state index is 6.46. The second-order valence-electron chi connectivity index (χ2n) is 9.35. The summed E-state index contributed by atoms with van der Waals surface area (Å²) < 4.78 is 6.46. The number of hydrogen-bond donors (Lipinski definition) is 0. The van der Waals surface area contributed by atoms with Gasteiger partial charge in [0.05, 0.1) is 5.41 Å². The summed E-state index contributed by atoms with van der Waals surface area (Å²) in [6, 6.07) is 31.3. The molecule has 0 atom stereocenters. The predicted octanol–water partition coefficient (Wildman–Crippen LogP) is 7.65. The zero-order valence-corrected chi connectivity index (χ0v) is 19.0. The van der Waals surface area contributed by atoms with Crippen LogP contribution < -0.4 is 9.64 Å². The van der Waals surface area contributed by atoms with E-state index in [0.717, 1.165) is 11.5 Å². The summed E-state index contributed by atoms with van der Waals surface area (Å²) in [5.41, 5.74) is 9.72. The van der Waals surface area contributed by atoms with E-state index in [2.05, 4.69) is 118 Å². The average Bonchev–Trinajstić information content (AvgIpc) is 2.79. The third kappa shape index (κ3) is 2.41. The van der Waals surface area contributed by atoms with Crippen molar-refractivity contribution in [2.45, 2.75) is 39.2 Å². The van der Waals surface area contributed by atoms with E-state index >= 15 is 0 Å². The molecule has 4 aromatic rings. The van der Waals surface area contributed by atoms with Gasteiger partial charge >= 0.3 is 0 Å². The molecule has 6 rings (SSSR count).